The highest BCUT2D eigenvalue weighted by Crippen LogP contribution is 2.28. The van der Waals surface area contributed by atoms with Gasteiger partial charge in [-0.1, -0.05) is 91.0 Å². The lowest BCUT2D eigenvalue weighted by Crippen LogP contribution is -2.32. The lowest BCUT2D eigenvalue weighted by molar-refractivity contribution is -0.908. The normalized spacial score (nSPS) is 10.6. The van der Waals surface area contributed by atoms with Crippen LogP contribution in [0.2, 0.25) is 0 Å². The first kappa shape index (κ1) is 50.8. The molecule has 20 heteroatoms. The van der Waals surface area contributed by atoms with Gasteiger partial charge in [0.05, 0.1) is 24.0 Å². The number of alkyl carbamates (subject to hydrolysis) is 2. The molecule has 0 unspecified atom stereocenters. The second-order valence-electron chi connectivity index (χ2n) is 15.6. The summed E-state index contributed by atoms with van der Waals surface area (Å²) in [6.07, 6.45) is 4.26. The van der Waals surface area contributed by atoms with Gasteiger partial charge in [0.25, 0.3) is 6.20 Å². The van der Waals surface area contributed by atoms with E-state index in [-0.39, 0.29) is 44.4 Å². The monoisotopic (exact) mass is 981 g/mol. The van der Waals surface area contributed by atoms with Gasteiger partial charge in [0.2, 0.25) is 11.6 Å². The summed E-state index contributed by atoms with van der Waals surface area (Å²) in [5.74, 6) is 0.802. The van der Waals surface area contributed by atoms with E-state index in [0.717, 1.165) is 21.4 Å². The second-order valence-corrected chi connectivity index (χ2v) is 15.6. The van der Waals surface area contributed by atoms with E-state index in [1.54, 1.807) is 19.1 Å². The number of aryl methyl sites for hydroxylation is 1. The van der Waals surface area contributed by atoms with E-state index in [1.807, 2.05) is 91.0 Å². The van der Waals surface area contributed by atoms with Crippen molar-refractivity contribution in [2.24, 2.45) is 5.73 Å². The molecule has 6 heterocycles. The van der Waals surface area contributed by atoms with Gasteiger partial charge in [-0.15, -0.1) is 0 Å². The quantitative estimate of drug-likeness (QED) is 0.0427. The number of amides is 2. The molecule has 0 saturated carbocycles. The molecule has 370 valence electrons. The Balaban J connectivity index is 0.000000194. The third kappa shape index (κ3) is 15.5. The number of ether oxygens (including phenoxy) is 3. The van der Waals surface area contributed by atoms with Gasteiger partial charge in [-0.05, 0) is 41.0 Å². The van der Waals surface area contributed by atoms with Crippen LogP contribution < -0.4 is 31.2 Å². The van der Waals surface area contributed by atoms with Gasteiger partial charge in [0, 0.05) is 62.6 Å². The van der Waals surface area contributed by atoms with E-state index >= 15 is 0 Å². The van der Waals surface area contributed by atoms with Crippen molar-refractivity contribution < 1.29 is 51.4 Å². The van der Waals surface area contributed by atoms with Crippen molar-refractivity contribution in [1.82, 2.24) is 35.6 Å². The second kappa shape index (κ2) is 26.1. The number of hydrogen-bond donors (Lipinski definition) is 5. The number of oxazole rings is 2. The minimum absolute atomic E-state index is 0.0912. The largest absolute Gasteiger partial charge is 0.473 e. The first-order chi connectivity index (χ1) is 35.1. The molecule has 0 atom stereocenters. The van der Waals surface area contributed by atoms with Gasteiger partial charge < -0.3 is 44.7 Å². The number of aromatic nitrogens is 6. The van der Waals surface area contributed by atoms with Crippen LogP contribution in [0.1, 0.15) is 45.6 Å². The third-order valence-corrected chi connectivity index (χ3v) is 10.2. The molecule has 9 aromatic rings. The molecule has 3 aromatic carbocycles. The van der Waals surface area contributed by atoms with Crippen LogP contribution in [0.3, 0.4) is 0 Å². The van der Waals surface area contributed by atoms with Gasteiger partial charge >= 0.3 is 12.2 Å². The SMILES string of the molecule is Cc1cc2oc(CCNC(=O)OCc3ccccc3)nc2c[n+]1O.NCc1ncccc1F.O=C(NCCc1nc2c(NCc3ncccc3F)nc(OCc3ccccc3)cc2o1)OCc1ccccc1. The van der Waals surface area contributed by atoms with Gasteiger partial charge in [-0.2, -0.15) is 4.98 Å². The fourth-order valence-corrected chi connectivity index (χ4v) is 6.53. The number of pyridine rings is 4. The Hall–Kier alpha value is -9.04. The molecular weight excluding hydrogens is 931 g/mol. The third-order valence-electron chi connectivity index (χ3n) is 10.2. The molecule has 6 N–H and O–H groups in total. The summed E-state index contributed by atoms with van der Waals surface area (Å²) < 4.78 is 55.3. The predicted molar refractivity (Wildman–Crippen MR) is 259 cm³/mol. The Labute approximate surface area is 411 Å². The molecular formula is C52H51F2N10O8+. The summed E-state index contributed by atoms with van der Waals surface area (Å²) in [5, 5.41) is 18.0. The molecule has 0 fully saturated rings. The molecule has 18 nitrogen and oxygen atoms in total. The lowest BCUT2D eigenvalue weighted by atomic mass is 10.2. The van der Waals surface area contributed by atoms with Crippen LogP contribution in [0.4, 0.5) is 24.2 Å². The lowest BCUT2D eigenvalue weighted by Gasteiger charge is -2.09. The maximum absolute atomic E-state index is 14.1. The average molecular weight is 982 g/mol. The zero-order valence-electron chi connectivity index (χ0n) is 39.0. The van der Waals surface area contributed by atoms with E-state index in [1.165, 1.54) is 42.9 Å². The smallest absolute Gasteiger partial charge is 0.407 e. The maximum Gasteiger partial charge on any atom is 0.407 e. The maximum atomic E-state index is 14.1. The van der Waals surface area contributed by atoms with Crippen molar-refractivity contribution in [3.8, 4) is 5.88 Å². The summed E-state index contributed by atoms with van der Waals surface area (Å²) >= 11 is 0. The summed E-state index contributed by atoms with van der Waals surface area (Å²) in [4.78, 5) is 44.8. The molecule has 0 aliphatic carbocycles. The van der Waals surface area contributed by atoms with Crippen LogP contribution in [0.15, 0.2) is 155 Å². The van der Waals surface area contributed by atoms with Gasteiger partial charge in [-0.3, -0.25) is 15.2 Å². The zero-order valence-corrected chi connectivity index (χ0v) is 39.0. The number of benzene rings is 3. The van der Waals surface area contributed by atoms with E-state index in [4.69, 9.17) is 28.8 Å². The van der Waals surface area contributed by atoms with Crippen LogP contribution >= 0.6 is 0 Å². The topological polar surface area (TPSA) is 239 Å². The number of nitrogens with one attached hydrogen (secondary N) is 3. The Morgan fingerprint density at radius 2 is 1.19 bits per heavy atom. The summed E-state index contributed by atoms with van der Waals surface area (Å²) in [5.41, 5.74) is 11.2. The van der Waals surface area contributed by atoms with E-state index in [0.29, 0.717) is 83.1 Å². The molecule has 6 aromatic heterocycles. The van der Waals surface area contributed by atoms with Crippen LogP contribution in [0, 0.1) is 18.6 Å². The van der Waals surface area contributed by atoms with Crippen LogP contribution in [0.5, 0.6) is 5.88 Å². The fraction of sp³-hybridized carbons (Fsp3) is 0.192. The minimum Gasteiger partial charge on any atom is -0.473 e. The van der Waals surface area contributed by atoms with Crippen LogP contribution in [0.25, 0.3) is 22.2 Å². The Kier molecular flexibility index (Phi) is 18.4. The number of halogens is 2. The van der Waals surface area contributed by atoms with Gasteiger partial charge in [0.1, 0.15) is 31.5 Å². The molecule has 0 radical (unpaired) electrons. The first-order valence-corrected chi connectivity index (χ1v) is 22.6. The predicted octanol–water partition coefficient (Wildman–Crippen LogP) is 8.23. The van der Waals surface area contributed by atoms with Crippen LogP contribution in [-0.4, -0.2) is 55.4 Å². The Morgan fingerprint density at radius 1 is 0.667 bits per heavy atom. The highest BCUT2D eigenvalue weighted by molar-refractivity contribution is 5.85. The number of nitrogens with two attached hydrogens (primary N) is 1. The number of carbonyl (C=O) groups is 2. The highest BCUT2D eigenvalue weighted by atomic mass is 19.1. The summed E-state index contributed by atoms with van der Waals surface area (Å²) in [7, 11) is 0. The van der Waals surface area contributed by atoms with Crippen molar-refractivity contribution in [2.45, 2.75) is 52.7 Å². The van der Waals surface area contributed by atoms with E-state index in [9.17, 15) is 23.6 Å². The summed E-state index contributed by atoms with van der Waals surface area (Å²) in [6, 6.07) is 37.7. The van der Waals surface area contributed by atoms with E-state index in [2.05, 4.69) is 40.9 Å². The molecule has 0 saturated heterocycles. The molecule has 0 bridgehead atoms. The number of hydrogen-bond acceptors (Lipinski definition) is 15. The van der Waals surface area contributed by atoms with Crippen molar-refractivity contribution in [1.29, 1.82) is 0 Å². The Morgan fingerprint density at radius 3 is 1.74 bits per heavy atom. The van der Waals surface area contributed by atoms with Gasteiger partial charge in [0.15, 0.2) is 39.8 Å². The van der Waals surface area contributed by atoms with Crippen molar-refractivity contribution in [3.63, 3.8) is 0 Å². The number of nitrogens with zero attached hydrogens (tertiary/aromatic N) is 6. The number of carbonyl (C=O) groups excluding carboxylic acids is 2. The van der Waals surface area contributed by atoms with Crippen molar-refractivity contribution in [2.75, 3.05) is 18.4 Å². The standard InChI is InChI=1S/C29H26FN5O4.C17H17N3O4.C6H7FN2/c30-22-12-7-14-31-23(22)17-33-28-27-24(16-26(35-28)37-18-20-8-3-1-4-9-20)39-25(34-27)13-15-32-29(36)38-19-21-10-5-2-6-11-21;1-12-9-15-14(10-20(12)22)19-16(24-15)7-8-18-17(21)23-11-13-5-3-2-4-6-13;7-5-2-1-3-9-6(5)4-8/h1-12,14,16H,13,15,17-19H2,(H,32,36)(H,33,35);2-6,9-10H,7-8,11H2,1H3,(H-,18,21,22);1-3H,4,8H2/p+1. The number of anilines is 1. The summed E-state index contributed by atoms with van der Waals surface area (Å²) in [6.45, 7) is 3.33. The molecule has 72 heavy (non-hydrogen) atoms. The molecule has 0 aliphatic heterocycles. The molecule has 2 amide bonds. The molecule has 0 spiro atoms. The number of rotatable bonds is 17. The van der Waals surface area contributed by atoms with E-state index < -0.39 is 18.0 Å². The Bertz CT molecular complexity index is 3110. The van der Waals surface area contributed by atoms with Crippen LogP contribution in [-0.2, 0) is 55.2 Å². The number of fused-ring (bicyclic) bond motifs is 2. The highest BCUT2D eigenvalue weighted by Gasteiger charge is 2.17. The zero-order chi connectivity index (χ0) is 50.5. The van der Waals surface area contributed by atoms with Crippen molar-refractivity contribution in [3.05, 3.63) is 203 Å². The van der Waals surface area contributed by atoms with Crippen molar-refractivity contribution >= 4 is 40.2 Å². The fourth-order valence-electron chi connectivity index (χ4n) is 6.53. The molecule has 0 aliphatic rings. The first-order valence-electron chi connectivity index (χ1n) is 22.6. The van der Waals surface area contributed by atoms with Gasteiger partial charge in [-0.25, -0.2) is 28.3 Å². The minimum atomic E-state index is -0.534. The molecule has 9 rings (SSSR count). The average Bonchev–Trinajstić information content (AvgIpc) is 4.01.